The zero-order valence-corrected chi connectivity index (χ0v) is 18.0. The fourth-order valence-electron chi connectivity index (χ4n) is 3.90. The molecule has 2 amide bonds. The number of nitrogens with zero attached hydrogens (tertiary/aromatic N) is 4. The van der Waals surface area contributed by atoms with E-state index < -0.39 is 0 Å². The van der Waals surface area contributed by atoms with E-state index in [2.05, 4.69) is 10.4 Å². The van der Waals surface area contributed by atoms with E-state index >= 15 is 0 Å². The zero-order valence-electron chi connectivity index (χ0n) is 17.2. The van der Waals surface area contributed by atoms with E-state index in [0.717, 1.165) is 29.7 Å². The number of hydrogen-bond donors (Lipinski definition) is 1. The monoisotopic (exact) mass is 429 g/mol. The molecule has 3 heterocycles. The van der Waals surface area contributed by atoms with E-state index in [1.165, 1.54) is 0 Å². The van der Waals surface area contributed by atoms with E-state index in [9.17, 15) is 14.4 Å². The van der Waals surface area contributed by atoms with Gasteiger partial charge in [-0.25, -0.2) is 0 Å². The predicted molar refractivity (Wildman–Crippen MR) is 116 cm³/mol. The number of aromatic nitrogens is 3. The molecule has 1 aliphatic carbocycles. The number of carbonyl (C=O) groups excluding carboxylic acids is 2. The summed E-state index contributed by atoms with van der Waals surface area (Å²) < 4.78 is 3.44. The molecule has 2 aromatic rings. The van der Waals surface area contributed by atoms with Gasteiger partial charge in [0.25, 0.3) is 11.5 Å². The second-order valence-electron chi connectivity index (χ2n) is 7.78. The zero-order chi connectivity index (χ0) is 21.1. The molecule has 30 heavy (non-hydrogen) atoms. The van der Waals surface area contributed by atoms with Gasteiger partial charge in [0.15, 0.2) is 0 Å². The van der Waals surface area contributed by atoms with Gasteiger partial charge in [-0.2, -0.15) is 16.9 Å². The van der Waals surface area contributed by atoms with Crippen molar-refractivity contribution in [1.82, 2.24) is 24.6 Å². The second kappa shape index (κ2) is 9.07. The van der Waals surface area contributed by atoms with Gasteiger partial charge in [-0.05, 0) is 42.7 Å². The number of nitrogens with one attached hydrogen (secondary N) is 1. The maximum absolute atomic E-state index is 13.1. The number of rotatable bonds is 8. The van der Waals surface area contributed by atoms with Crippen LogP contribution in [-0.2, 0) is 24.3 Å². The maximum atomic E-state index is 13.1. The topological polar surface area (TPSA) is 89.2 Å². The molecule has 0 atom stereocenters. The third kappa shape index (κ3) is 4.45. The highest BCUT2D eigenvalue weighted by atomic mass is 32.2. The Balaban J connectivity index is 1.56. The van der Waals surface area contributed by atoms with E-state index in [1.54, 1.807) is 27.2 Å². The van der Waals surface area contributed by atoms with Gasteiger partial charge >= 0.3 is 0 Å². The Hall–Kier alpha value is -2.55. The molecular formula is C21H27N5O3S. The number of carbonyl (C=O) groups is 2. The van der Waals surface area contributed by atoms with Crippen LogP contribution < -0.4 is 10.9 Å². The first-order valence-electron chi connectivity index (χ1n) is 10.4. The summed E-state index contributed by atoms with van der Waals surface area (Å²) in [4.78, 5) is 40.4. The van der Waals surface area contributed by atoms with Crippen LogP contribution in [0.25, 0.3) is 0 Å². The highest BCUT2D eigenvalue weighted by Gasteiger charge is 2.32. The van der Waals surface area contributed by atoms with E-state index in [1.807, 2.05) is 29.6 Å². The number of pyridine rings is 1. The summed E-state index contributed by atoms with van der Waals surface area (Å²) in [6.07, 6.45) is 10.3. The Morgan fingerprint density at radius 2 is 2.17 bits per heavy atom. The minimum atomic E-state index is -0.333. The van der Waals surface area contributed by atoms with Crippen LogP contribution in [0, 0.1) is 0 Å². The summed E-state index contributed by atoms with van der Waals surface area (Å²) in [7, 11) is 0. The van der Waals surface area contributed by atoms with Crippen LogP contribution in [0.3, 0.4) is 0 Å². The molecule has 0 radical (unpaired) electrons. The summed E-state index contributed by atoms with van der Waals surface area (Å²) in [6.45, 7) is 1.94. The van der Waals surface area contributed by atoms with E-state index in [-0.39, 0.29) is 29.0 Å². The molecule has 0 spiro atoms. The molecule has 0 saturated heterocycles. The van der Waals surface area contributed by atoms with Crippen molar-refractivity contribution in [2.75, 3.05) is 25.1 Å². The summed E-state index contributed by atoms with van der Waals surface area (Å²) >= 11 is 1.66. The van der Waals surface area contributed by atoms with Gasteiger partial charge in [0, 0.05) is 56.4 Å². The number of thioether (sulfide) groups is 1. The standard InChI is InChI=1S/C21H27N5O3S/c1-30-12-6-18(27)24-10-5-17-15(13-24)14-26(16-3-4-16)21(29)19(17)20(28)22-8-11-25-9-2-7-23-25/h2,7,9,14,16H,3-6,8,10-13H2,1H3,(H,22,28). The molecule has 1 N–H and O–H groups in total. The van der Waals surface area contributed by atoms with Gasteiger partial charge in [0.05, 0.1) is 6.54 Å². The second-order valence-corrected chi connectivity index (χ2v) is 8.77. The SMILES string of the molecule is CSCCC(=O)N1CCc2c(cn(C3CC3)c(=O)c2C(=O)NCCn2cccn2)C1. The van der Waals surface area contributed by atoms with Crippen LogP contribution in [0.4, 0.5) is 0 Å². The average Bonchev–Trinajstić information content (AvgIpc) is 3.46. The molecular weight excluding hydrogens is 402 g/mol. The lowest BCUT2D eigenvalue weighted by atomic mass is 9.95. The van der Waals surface area contributed by atoms with Gasteiger partial charge in [-0.15, -0.1) is 0 Å². The van der Waals surface area contributed by atoms with Gasteiger partial charge in [-0.3, -0.25) is 19.1 Å². The van der Waals surface area contributed by atoms with Crippen molar-refractivity contribution in [2.45, 2.75) is 44.8 Å². The Bertz CT molecular complexity index is 981. The minimum Gasteiger partial charge on any atom is -0.350 e. The molecule has 2 aromatic heterocycles. The Kier molecular flexibility index (Phi) is 6.26. The molecule has 4 rings (SSSR count). The average molecular weight is 430 g/mol. The van der Waals surface area contributed by atoms with Crippen molar-refractivity contribution in [1.29, 1.82) is 0 Å². The largest absolute Gasteiger partial charge is 0.350 e. The van der Waals surface area contributed by atoms with Gasteiger partial charge < -0.3 is 14.8 Å². The smallest absolute Gasteiger partial charge is 0.263 e. The van der Waals surface area contributed by atoms with Crippen molar-refractivity contribution in [3.05, 3.63) is 51.7 Å². The van der Waals surface area contributed by atoms with Crippen LogP contribution in [-0.4, -0.2) is 56.2 Å². The maximum Gasteiger partial charge on any atom is 0.263 e. The van der Waals surface area contributed by atoms with Gasteiger partial charge in [0.1, 0.15) is 5.56 Å². The van der Waals surface area contributed by atoms with Crippen LogP contribution >= 0.6 is 11.8 Å². The molecule has 1 fully saturated rings. The normalized spacial score (nSPS) is 15.7. The van der Waals surface area contributed by atoms with Crippen molar-refractivity contribution < 1.29 is 9.59 Å². The number of fused-ring (bicyclic) bond motifs is 1. The molecule has 0 unspecified atom stereocenters. The molecule has 1 aliphatic heterocycles. The van der Waals surface area contributed by atoms with Crippen LogP contribution in [0.5, 0.6) is 0 Å². The summed E-state index contributed by atoms with van der Waals surface area (Å²) in [5, 5.41) is 7.01. The molecule has 9 heteroatoms. The van der Waals surface area contributed by atoms with Crippen LogP contribution in [0.2, 0.25) is 0 Å². The minimum absolute atomic E-state index is 0.129. The summed E-state index contributed by atoms with van der Waals surface area (Å²) in [6, 6.07) is 2.00. The summed E-state index contributed by atoms with van der Waals surface area (Å²) in [5.41, 5.74) is 1.75. The fourth-order valence-corrected chi connectivity index (χ4v) is 4.28. The fraction of sp³-hybridized carbons (Fsp3) is 0.524. The van der Waals surface area contributed by atoms with E-state index in [0.29, 0.717) is 39.0 Å². The molecule has 0 aromatic carbocycles. The Morgan fingerprint density at radius 3 is 2.87 bits per heavy atom. The molecule has 1 saturated carbocycles. The first-order chi connectivity index (χ1) is 14.6. The first kappa shape index (κ1) is 20.7. The van der Waals surface area contributed by atoms with E-state index in [4.69, 9.17) is 0 Å². The summed E-state index contributed by atoms with van der Waals surface area (Å²) in [5.74, 6) is 0.596. The molecule has 2 aliphatic rings. The molecule has 0 bridgehead atoms. The molecule has 8 nitrogen and oxygen atoms in total. The third-order valence-corrected chi connectivity index (χ3v) is 6.26. The number of amides is 2. The third-order valence-electron chi connectivity index (χ3n) is 5.65. The van der Waals surface area contributed by atoms with Gasteiger partial charge in [0.2, 0.25) is 5.91 Å². The highest BCUT2D eigenvalue weighted by Crippen LogP contribution is 2.34. The lowest BCUT2D eigenvalue weighted by Crippen LogP contribution is -2.41. The van der Waals surface area contributed by atoms with Crippen molar-refractivity contribution in [3.63, 3.8) is 0 Å². The lowest BCUT2D eigenvalue weighted by Gasteiger charge is -2.30. The van der Waals surface area contributed by atoms with Crippen LogP contribution in [0.15, 0.2) is 29.5 Å². The number of hydrogen-bond acceptors (Lipinski definition) is 5. The van der Waals surface area contributed by atoms with Gasteiger partial charge in [-0.1, -0.05) is 0 Å². The highest BCUT2D eigenvalue weighted by molar-refractivity contribution is 7.98. The van der Waals surface area contributed by atoms with Crippen molar-refractivity contribution in [2.24, 2.45) is 0 Å². The lowest BCUT2D eigenvalue weighted by molar-refractivity contribution is -0.131. The van der Waals surface area contributed by atoms with Crippen molar-refractivity contribution >= 4 is 23.6 Å². The first-order valence-corrected chi connectivity index (χ1v) is 11.8. The Morgan fingerprint density at radius 1 is 1.33 bits per heavy atom. The Labute approximate surface area is 179 Å². The predicted octanol–water partition coefficient (Wildman–Crippen LogP) is 1.45. The molecule has 160 valence electrons. The van der Waals surface area contributed by atoms with Crippen LogP contribution in [0.1, 0.15) is 46.8 Å². The van der Waals surface area contributed by atoms with Crippen molar-refractivity contribution in [3.8, 4) is 0 Å². The quantitative estimate of drug-likeness (QED) is 0.686.